The summed E-state index contributed by atoms with van der Waals surface area (Å²) in [6, 6.07) is 3.56. The summed E-state index contributed by atoms with van der Waals surface area (Å²) in [6.45, 7) is 5.17. The van der Waals surface area contributed by atoms with E-state index in [0.717, 1.165) is 5.56 Å². The van der Waals surface area contributed by atoms with Gasteiger partial charge in [0, 0.05) is 6.20 Å². The van der Waals surface area contributed by atoms with E-state index in [1.807, 2.05) is 13.0 Å². The number of carbonyl (C=O) groups is 1. The molecule has 1 N–H and O–H groups in total. The van der Waals surface area contributed by atoms with E-state index in [1.165, 1.54) is 7.11 Å². The van der Waals surface area contributed by atoms with Crippen molar-refractivity contribution in [1.82, 2.24) is 4.98 Å². The summed E-state index contributed by atoms with van der Waals surface area (Å²) in [5.41, 5.74) is 0.476. The maximum atomic E-state index is 11.5. The lowest BCUT2D eigenvalue weighted by atomic mass is 9.84. The quantitative estimate of drug-likeness (QED) is 0.791. The van der Waals surface area contributed by atoms with Gasteiger partial charge in [-0.05, 0) is 32.4 Å². The lowest BCUT2D eigenvalue weighted by molar-refractivity contribution is -0.157. The highest BCUT2D eigenvalue weighted by Gasteiger charge is 2.38. The Bertz CT molecular complexity index is 370. The zero-order valence-electron chi connectivity index (χ0n) is 10.0. The van der Waals surface area contributed by atoms with Crippen LogP contribution >= 0.6 is 0 Å². The minimum Gasteiger partial charge on any atom is -0.469 e. The fourth-order valence-electron chi connectivity index (χ4n) is 1.39. The molecule has 0 aromatic carbocycles. The molecule has 16 heavy (non-hydrogen) atoms. The molecule has 0 amide bonds. The lowest BCUT2D eigenvalue weighted by Crippen LogP contribution is -2.33. The van der Waals surface area contributed by atoms with Crippen molar-refractivity contribution >= 4 is 5.97 Å². The number of aryl methyl sites for hydroxylation is 1. The third-order valence-corrected chi connectivity index (χ3v) is 2.61. The Hall–Kier alpha value is -1.42. The predicted molar refractivity (Wildman–Crippen MR) is 59.7 cm³/mol. The molecular formula is C12H17NO3. The largest absolute Gasteiger partial charge is 0.469 e. The van der Waals surface area contributed by atoms with Crippen molar-refractivity contribution < 1.29 is 14.6 Å². The van der Waals surface area contributed by atoms with E-state index in [2.05, 4.69) is 9.72 Å². The third-order valence-electron chi connectivity index (χ3n) is 2.61. The summed E-state index contributed by atoms with van der Waals surface area (Å²) in [7, 11) is 1.30. The molecule has 0 aliphatic rings. The SMILES string of the molecule is COC(=O)C(C)(C)C(O)c1ccc(C)cn1. The van der Waals surface area contributed by atoms with E-state index in [-0.39, 0.29) is 0 Å². The Balaban J connectivity index is 2.97. The van der Waals surface area contributed by atoms with Gasteiger partial charge in [0.05, 0.1) is 18.2 Å². The van der Waals surface area contributed by atoms with Crippen LogP contribution in [0.15, 0.2) is 18.3 Å². The van der Waals surface area contributed by atoms with Gasteiger partial charge in [-0.3, -0.25) is 9.78 Å². The lowest BCUT2D eigenvalue weighted by Gasteiger charge is -2.27. The number of nitrogens with zero attached hydrogens (tertiary/aromatic N) is 1. The Labute approximate surface area is 95.3 Å². The van der Waals surface area contributed by atoms with E-state index in [9.17, 15) is 9.90 Å². The number of pyridine rings is 1. The van der Waals surface area contributed by atoms with Crippen LogP contribution in [0.1, 0.15) is 31.2 Å². The van der Waals surface area contributed by atoms with Crippen molar-refractivity contribution in [3.05, 3.63) is 29.6 Å². The van der Waals surface area contributed by atoms with Gasteiger partial charge in [0.1, 0.15) is 6.10 Å². The number of hydrogen-bond donors (Lipinski definition) is 1. The fourth-order valence-corrected chi connectivity index (χ4v) is 1.39. The van der Waals surface area contributed by atoms with Crippen LogP contribution in [0.25, 0.3) is 0 Å². The number of rotatable bonds is 3. The molecule has 1 aromatic heterocycles. The van der Waals surface area contributed by atoms with Gasteiger partial charge >= 0.3 is 5.97 Å². The van der Waals surface area contributed by atoms with Crippen LogP contribution in [-0.4, -0.2) is 23.2 Å². The van der Waals surface area contributed by atoms with Gasteiger partial charge in [0.25, 0.3) is 0 Å². The third kappa shape index (κ3) is 2.39. The molecule has 0 saturated heterocycles. The first-order valence-corrected chi connectivity index (χ1v) is 5.08. The minimum atomic E-state index is -1.00. The summed E-state index contributed by atoms with van der Waals surface area (Å²) in [5.74, 6) is -0.456. The van der Waals surface area contributed by atoms with E-state index in [4.69, 9.17) is 0 Å². The van der Waals surface area contributed by atoms with Crippen LogP contribution in [-0.2, 0) is 9.53 Å². The highest BCUT2D eigenvalue weighted by atomic mass is 16.5. The topological polar surface area (TPSA) is 59.4 Å². The molecular weight excluding hydrogens is 206 g/mol. The Morgan fingerprint density at radius 3 is 2.56 bits per heavy atom. The van der Waals surface area contributed by atoms with Crippen molar-refractivity contribution in [2.24, 2.45) is 5.41 Å². The Morgan fingerprint density at radius 2 is 2.12 bits per heavy atom. The van der Waals surface area contributed by atoms with Gasteiger partial charge in [-0.1, -0.05) is 6.07 Å². The van der Waals surface area contributed by atoms with Crippen LogP contribution in [0, 0.1) is 12.3 Å². The van der Waals surface area contributed by atoms with Crippen molar-refractivity contribution in [3.63, 3.8) is 0 Å². The average molecular weight is 223 g/mol. The van der Waals surface area contributed by atoms with Gasteiger partial charge in [0.2, 0.25) is 0 Å². The molecule has 1 rings (SSSR count). The van der Waals surface area contributed by atoms with Gasteiger partial charge < -0.3 is 9.84 Å². The molecule has 1 unspecified atom stereocenters. The van der Waals surface area contributed by atoms with Crippen molar-refractivity contribution in [2.45, 2.75) is 26.9 Å². The molecule has 0 saturated carbocycles. The van der Waals surface area contributed by atoms with Crippen molar-refractivity contribution in [2.75, 3.05) is 7.11 Å². The average Bonchev–Trinajstić information content (AvgIpc) is 2.28. The Morgan fingerprint density at radius 1 is 1.50 bits per heavy atom. The molecule has 4 heteroatoms. The number of aliphatic hydroxyl groups excluding tert-OH is 1. The number of ether oxygens (including phenoxy) is 1. The molecule has 0 spiro atoms. The molecule has 0 fully saturated rings. The van der Waals surface area contributed by atoms with Crippen LogP contribution in [0.3, 0.4) is 0 Å². The Kier molecular flexibility index (Phi) is 3.65. The van der Waals surface area contributed by atoms with Gasteiger partial charge in [-0.15, -0.1) is 0 Å². The molecule has 0 radical (unpaired) electrons. The molecule has 88 valence electrons. The summed E-state index contributed by atoms with van der Waals surface area (Å²) in [4.78, 5) is 15.6. The zero-order chi connectivity index (χ0) is 12.3. The summed E-state index contributed by atoms with van der Waals surface area (Å²) >= 11 is 0. The number of esters is 1. The van der Waals surface area contributed by atoms with Crippen LogP contribution in [0.5, 0.6) is 0 Å². The summed E-state index contributed by atoms with van der Waals surface area (Å²) in [5, 5.41) is 10.1. The molecule has 4 nitrogen and oxygen atoms in total. The molecule has 0 aliphatic carbocycles. The fraction of sp³-hybridized carbons (Fsp3) is 0.500. The monoisotopic (exact) mass is 223 g/mol. The second-order valence-corrected chi connectivity index (χ2v) is 4.38. The zero-order valence-corrected chi connectivity index (χ0v) is 10.0. The number of hydrogen-bond acceptors (Lipinski definition) is 4. The number of carbonyl (C=O) groups excluding carboxylic acids is 1. The first-order valence-electron chi connectivity index (χ1n) is 5.08. The van der Waals surface area contributed by atoms with Crippen molar-refractivity contribution in [1.29, 1.82) is 0 Å². The summed E-state index contributed by atoms with van der Waals surface area (Å²) in [6.07, 6.45) is 0.687. The molecule has 0 aliphatic heterocycles. The first-order chi connectivity index (χ1) is 7.39. The molecule has 1 aromatic rings. The molecule has 1 atom stereocenters. The van der Waals surface area contributed by atoms with E-state index in [1.54, 1.807) is 26.1 Å². The van der Waals surface area contributed by atoms with Crippen LogP contribution in [0.2, 0.25) is 0 Å². The minimum absolute atomic E-state index is 0.456. The second-order valence-electron chi connectivity index (χ2n) is 4.38. The predicted octanol–water partition coefficient (Wildman–Crippen LogP) is 1.62. The smallest absolute Gasteiger partial charge is 0.314 e. The normalized spacial score (nSPS) is 13.3. The number of methoxy groups -OCH3 is 1. The van der Waals surface area contributed by atoms with Gasteiger partial charge in [-0.2, -0.15) is 0 Å². The number of aromatic nitrogens is 1. The highest BCUT2D eigenvalue weighted by Crippen LogP contribution is 2.33. The second kappa shape index (κ2) is 4.61. The molecule has 1 heterocycles. The van der Waals surface area contributed by atoms with E-state index < -0.39 is 17.5 Å². The maximum Gasteiger partial charge on any atom is 0.314 e. The van der Waals surface area contributed by atoms with E-state index >= 15 is 0 Å². The summed E-state index contributed by atoms with van der Waals surface area (Å²) < 4.78 is 4.65. The van der Waals surface area contributed by atoms with Crippen molar-refractivity contribution in [3.8, 4) is 0 Å². The van der Waals surface area contributed by atoms with Crippen LogP contribution in [0.4, 0.5) is 0 Å². The van der Waals surface area contributed by atoms with Crippen LogP contribution < -0.4 is 0 Å². The first kappa shape index (κ1) is 12.6. The molecule has 0 bridgehead atoms. The number of aliphatic hydroxyl groups is 1. The van der Waals surface area contributed by atoms with Gasteiger partial charge in [0.15, 0.2) is 0 Å². The van der Waals surface area contributed by atoms with E-state index in [0.29, 0.717) is 5.69 Å². The standard InChI is InChI=1S/C12H17NO3/c1-8-5-6-9(13-7-8)10(14)12(2,3)11(15)16-4/h5-7,10,14H,1-4H3. The maximum absolute atomic E-state index is 11.5. The van der Waals surface area contributed by atoms with Gasteiger partial charge in [-0.25, -0.2) is 0 Å². The highest BCUT2D eigenvalue weighted by molar-refractivity contribution is 5.76.